The summed E-state index contributed by atoms with van der Waals surface area (Å²) in [6, 6.07) is 14.5. The van der Waals surface area contributed by atoms with E-state index in [9.17, 15) is 0 Å². The van der Waals surface area contributed by atoms with Gasteiger partial charge in [0.15, 0.2) is 11.5 Å². The van der Waals surface area contributed by atoms with Crippen LogP contribution in [0.25, 0.3) is 11.0 Å². The van der Waals surface area contributed by atoms with Gasteiger partial charge in [0.25, 0.3) is 0 Å². The molecule has 0 amide bonds. The Balaban J connectivity index is 1.69. The zero-order valence-electron chi connectivity index (χ0n) is 13.6. The lowest BCUT2D eigenvalue weighted by molar-refractivity contribution is 0.172. The van der Waals surface area contributed by atoms with E-state index < -0.39 is 0 Å². The molecule has 0 unspecified atom stereocenters. The molecule has 0 spiro atoms. The molecule has 3 aromatic rings. The van der Waals surface area contributed by atoms with E-state index in [1.54, 1.807) is 0 Å². The number of ether oxygens (including phenoxy) is 2. The Morgan fingerprint density at radius 1 is 1.00 bits per heavy atom. The SMILES string of the molecule is NCCn1c(CCc2ccccc2)nc2cc3c(cc21)OCCO3. The number of hydrogen-bond acceptors (Lipinski definition) is 4. The van der Waals surface area contributed by atoms with Gasteiger partial charge in [0.05, 0.1) is 11.0 Å². The molecule has 0 atom stereocenters. The van der Waals surface area contributed by atoms with Crippen LogP contribution < -0.4 is 15.2 Å². The molecule has 5 nitrogen and oxygen atoms in total. The van der Waals surface area contributed by atoms with E-state index in [1.807, 2.05) is 18.2 Å². The fraction of sp³-hybridized carbons (Fsp3) is 0.316. The molecule has 1 aliphatic rings. The molecule has 2 aromatic carbocycles. The van der Waals surface area contributed by atoms with E-state index in [1.165, 1.54) is 5.56 Å². The Morgan fingerprint density at radius 2 is 1.75 bits per heavy atom. The average molecular weight is 323 g/mol. The van der Waals surface area contributed by atoms with Gasteiger partial charge in [-0.3, -0.25) is 0 Å². The quantitative estimate of drug-likeness (QED) is 0.784. The van der Waals surface area contributed by atoms with E-state index in [-0.39, 0.29) is 0 Å². The topological polar surface area (TPSA) is 62.3 Å². The number of rotatable bonds is 5. The number of hydrogen-bond donors (Lipinski definition) is 1. The predicted octanol–water partition coefficient (Wildman–Crippen LogP) is 2.55. The summed E-state index contributed by atoms with van der Waals surface area (Å²) in [6.07, 6.45) is 1.84. The standard InChI is InChI=1S/C19H21N3O2/c20-8-9-22-16-13-18-17(23-10-11-24-18)12-15(16)21-19(22)7-6-14-4-2-1-3-5-14/h1-5,12-13H,6-11,20H2. The highest BCUT2D eigenvalue weighted by molar-refractivity contribution is 5.80. The van der Waals surface area contributed by atoms with Gasteiger partial charge in [-0.05, 0) is 12.0 Å². The first-order chi connectivity index (χ1) is 11.8. The minimum Gasteiger partial charge on any atom is -0.486 e. The summed E-state index contributed by atoms with van der Waals surface area (Å²) in [7, 11) is 0. The molecule has 2 N–H and O–H groups in total. The molecule has 4 rings (SSSR count). The lowest BCUT2D eigenvalue weighted by Crippen LogP contribution is -2.16. The number of nitrogens with zero attached hydrogens (tertiary/aromatic N) is 2. The fourth-order valence-electron chi connectivity index (χ4n) is 3.18. The summed E-state index contributed by atoms with van der Waals surface area (Å²) in [5.41, 5.74) is 9.14. The summed E-state index contributed by atoms with van der Waals surface area (Å²) in [5, 5.41) is 0. The Kier molecular flexibility index (Phi) is 4.09. The number of aryl methyl sites for hydroxylation is 2. The highest BCUT2D eigenvalue weighted by Crippen LogP contribution is 2.34. The smallest absolute Gasteiger partial charge is 0.163 e. The van der Waals surface area contributed by atoms with Crippen LogP contribution in [0.4, 0.5) is 0 Å². The number of nitrogens with two attached hydrogens (primary N) is 1. The van der Waals surface area contributed by atoms with E-state index in [2.05, 4.69) is 28.8 Å². The highest BCUT2D eigenvalue weighted by atomic mass is 16.6. The molecule has 0 bridgehead atoms. The predicted molar refractivity (Wildman–Crippen MR) is 93.6 cm³/mol. The van der Waals surface area contributed by atoms with Crippen molar-refractivity contribution in [2.45, 2.75) is 19.4 Å². The van der Waals surface area contributed by atoms with Crippen LogP contribution in [-0.4, -0.2) is 29.3 Å². The normalized spacial score (nSPS) is 13.4. The minimum absolute atomic E-state index is 0.582. The van der Waals surface area contributed by atoms with Gasteiger partial charge in [-0.2, -0.15) is 0 Å². The molecular weight excluding hydrogens is 302 g/mol. The Bertz CT molecular complexity index is 843. The maximum absolute atomic E-state index is 5.82. The third kappa shape index (κ3) is 2.83. The number of benzene rings is 2. The number of imidazole rings is 1. The van der Waals surface area contributed by atoms with Gasteiger partial charge in [0.1, 0.15) is 19.0 Å². The van der Waals surface area contributed by atoms with Crippen LogP contribution in [0, 0.1) is 0 Å². The van der Waals surface area contributed by atoms with Crippen molar-refractivity contribution >= 4 is 11.0 Å². The fourth-order valence-corrected chi connectivity index (χ4v) is 3.18. The van der Waals surface area contributed by atoms with Crippen molar-refractivity contribution in [2.24, 2.45) is 5.73 Å². The van der Waals surface area contributed by atoms with Crippen molar-refractivity contribution in [2.75, 3.05) is 19.8 Å². The lowest BCUT2D eigenvalue weighted by Gasteiger charge is -2.18. The van der Waals surface area contributed by atoms with Gasteiger partial charge < -0.3 is 19.8 Å². The maximum atomic E-state index is 5.82. The van der Waals surface area contributed by atoms with E-state index in [0.29, 0.717) is 19.8 Å². The lowest BCUT2D eigenvalue weighted by atomic mass is 10.1. The molecule has 0 fully saturated rings. The van der Waals surface area contributed by atoms with Gasteiger partial charge >= 0.3 is 0 Å². The Hall–Kier alpha value is -2.53. The first-order valence-electron chi connectivity index (χ1n) is 8.38. The first-order valence-corrected chi connectivity index (χ1v) is 8.38. The summed E-state index contributed by atoms with van der Waals surface area (Å²) in [4.78, 5) is 4.83. The van der Waals surface area contributed by atoms with Crippen LogP contribution in [0.3, 0.4) is 0 Å². The monoisotopic (exact) mass is 323 g/mol. The third-order valence-electron chi connectivity index (χ3n) is 4.32. The number of aromatic nitrogens is 2. The second-order valence-electron chi connectivity index (χ2n) is 5.94. The summed E-state index contributed by atoms with van der Waals surface area (Å²) in [6.45, 7) is 2.51. The molecule has 124 valence electrons. The first kappa shape index (κ1) is 15.0. The van der Waals surface area contributed by atoms with Crippen molar-refractivity contribution in [3.63, 3.8) is 0 Å². The van der Waals surface area contributed by atoms with Gasteiger partial charge in [-0.25, -0.2) is 4.98 Å². The number of fused-ring (bicyclic) bond motifs is 2. The van der Waals surface area contributed by atoms with Crippen molar-refractivity contribution < 1.29 is 9.47 Å². The van der Waals surface area contributed by atoms with Crippen LogP contribution in [0.2, 0.25) is 0 Å². The molecule has 5 heteroatoms. The maximum Gasteiger partial charge on any atom is 0.163 e. The average Bonchev–Trinajstić information content (AvgIpc) is 2.96. The Labute approximate surface area is 141 Å². The molecule has 0 radical (unpaired) electrons. The van der Waals surface area contributed by atoms with Gasteiger partial charge in [-0.15, -0.1) is 0 Å². The molecular formula is C19H21N3O2. The Morgan fingerprint density at radius 3 is 2.50 bits per heavy atom. The summed E-state index contributed by atoms with van der Waals surface area (Å²) in [5.74, 6) is 2.63. The van der Waals surface area contributed by atoms with E-state index >= 15 is 0 Å². The molecule has 1 aromatic heterocycles. The molecule has 24 heavy (non-hydrogen) atoms. The van der Waals surface area contributed by atoms with E-state index in [4.69, 9.17) is 20.2 Å². The third-order valence-corrected chi connectivity index (χ3v) is 4.32. The van der Waals surface area contributed by atoms with Crippen molar-refractivity contribution in [3.05, 3.63) is 53.9 Å². The zero-order valence-corrected chi connectivity index (χ0v) is 13.6. The summed E-state index contributed by atoms with van der Waals surface area (Å²) < 4.78 is 13.6. The second kappa shape index (κ2) is 6.53. The molecule has 0 saturated heterocycles. The van der Waals surface area contributed by atoms with Crippen molar-refractivity contribution in [1.82, 2.24) is 9.55 Å². The van der Waals surface area contributed by atoms with Gasteiger partial charge in [0, 0.05) is 31.6 Å². The van der Waals surface area contributed by atoms with Crippen LogP contribution in [0.5, 0.6) is 11.5 Å². The molecule has 2 heterocycles. The molecule has 0 saturated carbocycles. The van der Waals surface area contributed by atoms with E-state index in [0.717, 1.165) is 47.7 Å². The largest absolute Gasteiger partial charge is 0.486 e. The highest BCUT2D eigenvalue weighted by Gasteiger charge is 2.17. The molecule has 0 aliphatic carbocycles. The molecule has 1 aliphatic heterocycles. The van der Waals surface area contributed by atoms with Crippen molar-refractivity contribution in [3.8, 4) is 11.5 Å². The second-order valence-corrected chi connectivity index (χ2v) is 5.94. The summed E-state index contributed by atoms with van der Waals surface area (Å²) >= 11 is 0. The van der Waals surface area contributed by atoms with Crippen LogP contribution >= 0.6 is 0 Å². The minimum atomic E-state index is 0.582. The van der Waals surface area contributed by atoms with Crippen LogP contribution in [0.15, 0.2) is 42.5 Å². The van der Waals surface area contributed by atoms with Gasteiger partial charge in [-0.1, -0.05) is 30.3 Å². The van der Waals surface area contributed by atoms with Crippen LogP contribution in [-0.2, 0) is 19.4 Å². The van der Waals surface area contributed by atoms with Crippen molar-refractivity contribution in [1.29, 1.82) is 0 Å². The zero-order chi connectivity index (χ0) is 16.4. The van der Waals surface area contributed by atoms with Gasteiger partial charge in [0.2, 0.25) is 0 Å². The van der Waals surface area contributed by atoms with Crippen LogP contribution in [0.1, 0.15) is 11.4 Å².